The SMILES string of the molecule is C=CCC(O)C(CC)(CC)OC. The molecule has 0 aliphatic rings. The van der Waals surface area contributed by atoms with Crippen molar-refractivity contribution in [1.82, 2.24) is 0 Å². The first kappa shape index (κ1) is 11.7. The molecule has 0 amide bonds. The Morgan fingerprint density at radius 3 is 2.25 bits per heavy atom. The summed E-state index contributed by atoms with van der Waals surface area (Å²) < 4.78 is 5.35. The maximum Gasteiger partial charge on any atom is 0.0934 e. The van der Waals surface area contributed by atoms with E-state index in [-0.39, 0.29) is 5.60 Å². The molecule has 0 aliphatic carbocycles. The van der Waals surface area contributed by atoms with E-state index >= 15 is 0 Å². The molecule has 2 heteroatoms. The summed E-state index contributed by atoms with van der Waals surface area (Å²) >= 11 is 0. The summed E-state index contributed by atoms with van der Waals surface area (Å²) in [6.45, 7) is 7.66. The van der Waals surface area contributed by atoms with Gasteiger partial charge in [-0.15, -0.1) is 6.58 Å². The predicted octanol–water partition coefficient (Wildman–Crippen LogP) is 2.13. The maximum absolute atomic E-state index is 9.76. The highest BCUT2D eigenvalue weighted by molar-refractivity contribution is 4.89. The Kier molecular flexibility index (Phi) is 5.18. The lowest BCUT2D eigenvalue weighted by molar-refractivity contribution is -0.105. The van der Waals surface area contributed by atoms with E-state index in [1.807, 2.05) is 13.8 Å². The van der Waals surface area contributed by atoms with Crippen LogP contribution in [0.5, 0.6) is 0 Å². The molecule has 0 saturated heterocycles. The largest absolute Gasteiger partial charge is 0.390 e. The molecule has 0 heterocycles. The Morgan fingerprint density at radius 2 is 2.00 bits per heavy atom. The normalized spacial score (nSPS) is 14.3. The van der Waals surface area contributed by atoms with Crippen LogP contribution in [0, 0.1) is 0 Å². The Labute approximate surface area is 75.2 Å². The lowest BCUT2D eigenvalue weighted by Gasteiger charge is -2.34. The van der Waals surface area contributed by atoms with Crippen LogP contribution in [0.1, 0.15) is 33.1 Å². The summed E-state index contributed by atoms with van der Waals surface area (Å²) in [5.41, 5.74) is -0.381. The highest BCUT2D eigenvalue weighted by atomic mass is 16.5. The summed E-state index contributed by atoms with van der Waals surface area (Å²) in [6.07, 6.45) is 3.54. The second kappa shape index (κ2) is 5.33. The molecule has 1 N–H and O–H groups in total. The van der Waals surface area contributed by atoms with Crippen LogP contribution >= 0.6 is 0 Å². The Balaban J connectivity index is 4.34. The van der Waals surface area contributed by atoms with E-state index in [9.17, 15) is 5.11 Å². The lowest BCUT2D eigenvalue weighted by atomic mass is 9.88. The van der Waals surface area contributed by atoms with Gasteiger partial charge >= 0.3 is 0 Å². The summed E-state index contributed by atoms with van der Waals surface area (Å²) in [5.74, 6) is 0. The van der Waals surface area contributed by atoms with Crippen LogP contribution in [0.4, 0.5) is 0 Å². The van der Waals surface area contributed by atoms with Crippen LogP contribution in [0.25, 0.3) is 0 Å². The molecule has 1 unspecified atom stereocenters. The van der Waals surface area contributed by atoms with Gasteiger partial charge in [-0.3, -0.25) is 0 Å². The number of methoxy groups -OCH3 is 1. The first-order chi connectivity index (χ1) is 5.66. The van der Waals surface area contributed by atoms with Gasteiger partial charge in [0.2, 0.25) is 0 Å². The fourth-order valence-electron chi connectivity index (χ4n) is 1.52. The first-order valence-corrected chi connectivity index (χ1v) is 4.51. The lowest BCUT2D eigenvalue weighted by Crippen LogP contribution is -2.42. The van der Waals surface area contributed by atoms with Crippen LogP contribution in [0.2, 0.25) is 0 Å². The average Bonchev–Trinajstić information content (AvgIpc) is 2.09. The molecule has 0 spiro atoms. The van der Waals surface area contributed by atoms with Gasteiger partial charge in [-0.25, -0.2) is 0 Å². The van der Waals surface area contributed by atoms with Crippen molar-refractivity contribution in [3.8, 4) is 0 Å². The highest BCUT2D eigenvalue weighted by Crippen LogP contribution is 2.25. The van der Waals surface area contributed by atoms with Crippen molar-refractivity contribution in [3.05, 3.63) is 12.7 Å². The number of hydrogen-bond donors (Lipinski definition) is 1. The molecule has 0 aromatic heterocycles. The topological polar surface area (TPSA) is 29.5 Å². The monoisotopic (exact) mass is 172 g/mol. The fourth-order valence-corrected chi connectivity index (χ4v) is 1.52. The van der Waals surface area contributed by atoms with Crippen molar-refractivity contribution >= 4 is 0 Å². The number of rotatable bonds is 6. The van der Waals surface area contributed by atoms with Crippen molar-refractivity contribution in [1.29, 1.82) is 0 Å². The van der Waals surface area contributed by atoms with E-state index in [2.05, 4.69) is 6.58 Å². The number of aliphatic hydroxyl groups is 1. The zero-order chi connectivity index (χ0) is 9.61. The Morgan fingerprint density at radius 1 is 1.50 bits per heavy atom. The molecule has 0 saturated carbocycles. The van der Waals surface area contributed by atoms with Crippen LogP contribution in [-0.2, 0) is 4.74 Å². The highest BCUT2D eigenvalue weighted by Gasteiger charge is 2.33. The van der Waals surface area contributed by atoms with Crippen LogP contribution in [0.15, 0.2) is 12.7 Å². The molecule has 0 aromatic carbocycles. The number of ether oxygens (including phenoxy) is 1. The molecule has 0 aromatic rings. The van der Waals surface area contributed by atoms with Gasteiger partial charge in [-0.05, 0) is 19.3 Å². The molecule has 72 valence electrons. The molecule has 0 fully saturated rings. The van der Waals surface area contributed by atoms with E-state index < -0.39 is 6.10 Å². The van der Waals surface area contributed by atoms with E-state index in [1.165, 1.54) is 0 Å². The molecule has 0 bridgehead atoms. The van der Waals surface area contributed by atoms with E-state index in [0.717, 1.165) is 12.8 Å². The van der Waals surface area contributed by atoms with Crippen LogP contribution in [0.3, 0.4) is 0 Å². The smallest absolute Gasteiger partial charge is 0.0934 e. The molecule has 2 nitrogen and oxygen atoms in total. The van der Waals surface area contributed by atoms with E-state index in [4.69, 9.17) is 4.74 Å². The van der Waals surface area contributed by atoms with Gasteiger partial charge in [0.25, 0.3) is 0 Å². The van der Waals surface area contributed by atoms with Gasteiger partial charge in [0.05, 0.1) is 11.7 Å². The minimum atomic E-state index is -0.435. The molecular formula is C10H20O2. The molecular weight excluding hydrogens is 152 g/mol. The van der Waals surface area contributed by atoms with Gasteiger partial charge in [-0.1, -0.05) is 19.9 Å². The molecule has 0 aliphatic heterocycles. The van der Waals surface area contributed by atoms with Gasteiger partial charge < -0.3 is 9.84 Å². The second-order valence-electron chi connectivity index (χ2n) is 3.02. The first-order valence-electron chi connectivity index (χ1n) is 4.51. The summed E-state index contributed by atoms with van der Waals surface area (Å²) in [7, 11) is 1.65. The van der Waals surface area contributed by atoms with Crippen LogP contribution in [-0.4, -0.2) is 23.9 Å². The molecule has 12 heavy (non-hydrogen) atoms. The summed E-state index contributed by atoms with van der Waals surface area (Å²) in [4.78, 5) is 0. The minimum Gasteiger partial charge on any atom is -0.390 e. The summed E-state index contributed by atoms with van der Waals surface area (Å²) in [5, 5.41) is 9.76. The zero-order valence-electron chi connectivity index (χ0n) is 8.34. The minimum absolute atomic E-state index is 0.381. The summed E-state index contributed by atoms with van der Waals surface area (Å²) in [6, 6.07) is 0. The predicted molar refractivity (Wildman–Crippen MR) is 51.1 cm³/mol. The van der Waals surface area contributed by atoms with Crippen molar-refractivity contribution in [3.63, 3.8) is 0 Å². The third kappa shape index (κ3) is 2.32. The average molecular weight is 172 g/mol. The van der Waals surface area contributed by atoms with Crippen molar-refractivity contribution in [2.75, 3.05) is 7.11 Å². The van der Waals surface area contributed by atoms with Gasteiger partial charge in [0.1, 0.15) is 0 Å². The molecule has 0 radical (unpaired) electrons. The maximum atomic E-state index is 9.76. The zero-order valence-corrected chi connectivity index (χ0v) is 8.34. The standard InChI is InChI=1S/C10H20O2/c1-5-8-9(11)10(6-2,7-3)12-4/h5,9,11H,1,6-8H2,2-4H3. The third-order valence-corrected chi connectivity index (χ3v) is 2.60. The molecule has 1 atom stereocenters. The quantitative estimate of drug-likeness (QED) is 0.622. The van der Waals surface area contributed by atoms with Crippen molar-refractivity contribution in [2.45, 2.75) is 44.8 Å². The fraction of sp³-hybridized carbons (Fsp3) is 0.800. The Bertz CT molecular complexity index is 120. The van der Waals surface area contributed by atoms with E-state index in [1.54, 1.807) is 13.2 Å². The van der Waals surface area contributed by atoms with Gasteiger partial charge in [0, 0.05) is 7.11 Å². The van der Waals surface area contributed by atoms with E-state index in [0.29, 0.717) is 6.42 Å². The van der Waals surface area contributed by atoms with Crippen molar-refractivity contribution in [2.24, 2.45) is 0 Å². The second-order valence-corrected chi connectivity index (χ2v) is 3.02. The third-order valence-electron chi connectivity index (χ3n) is 2.60. The van der Waals surface area contributed by atoms with Crippen molar-refractivity contribution < 1.29 is 9.84 Å². The van der Waals surface area contributed by atoms with Gasteiger partial charge in [-0.2, -0.15) is 0 Å². The van der Waals surface area contributed by atoms with Gasteiger partial charge in [0.15, 0.2) is 0 Å². The number of aliphatic hydroxyl groups excluding tert-OH is 1. The van der Waals surface area contributed by atoms with Crippen LogP contribution < -0.4 is 0 Å². The Hall–Kier alpha value is -0.340. The molecule has 0 rings (SSSR count). The number of hydrogen-bond acceptors (Lipinski definition) is 2.